The van der Waals surface area contributed by atoms with Crippen molar-refractivity contribution in [3.05, 3.63) is 0 Å². The van der Waals surface area contributed by atoms with Gasteiger partial charge in [0.2, 0.25) is 5.91 Å². The second-order valence-electron chi connectivity index (χ2n) is 7.98. The quantitative estimate of drug-likeness (QED) is 0.699. The van der Waals surface area contributed by atoms with Gasteiger partial charge >= 0.3 is 5.97 Å². The summed E-state index contributed by atoms with van der Waals surface area (Å²) >= 11 is 1.63. The number of hydrogen-bond acceptors (Lipinski definition) is 4. The molecule has 0 aromatic heterocycles. The Morgan fingerprint density at radius 3 is 2.45 bits per heavy atom. The van der Waals surface area contributed by atoms with E-state index in [1.165, 1.54) is 0 Å². The van der Waals surface area contributed by atoms with Crippen LogP contribution in [0, 0.1) is 17.3 Å². The van der Waals surface area contributed by atoms with Gasteiger partial charge in [0.1, 0.15) is 6.04 Å². The predicted octanol–water partition coefficient (Wildman–Crippen LogP) is 3.55. The molecule has 0 aromatic carbocycles. The number of thioether (sulfide) groups is 1. The first-order chi connectivity index (χ1) is 10.1. The number of amides is 1. The Bertz CT molecular complexity index is 390. The highest BCUT2D eigenvalue weighted by atomic mass is 32.2. The lowest BCUT2D eigenvalue weighted by molar-refractivity contribution is -0.154. The second kappa shape index (κ2) is 8.23. The van der Waals surface area contributed by atoms with Crippen LogP contribution in [0.3, 0.4) is 0 Å². The molecule has 1 heterocycles. The zero-order valence-corrected chi connectivity index (χ0v) is 15.7. The Hall–Kier alpha value is -0.710. The van der Waals surface area contributed by atoms with Crippen LogP contribution in [0.5, 0.6) is 0 Å². The number of carbonyl (C=O) groups excluding carboxylic acids is 2. The van der Waals surface area contributed by atoms with E-state index in [4.69, 9.17) is 4.74 Å². The third kappa shape index (κ3) is 6.59. The Morgan fingerprint density at radius 2 is 1.91 bits per heavy atom. The lowest BCUT2D eigenvalue weighted by Crippen LogP contribution is -2.43. The average Bonchev–Trinajstić information content (AvgIpc) is 2.82. The van der Waals surface area contributed by atoms with E-state index in [-0.39, 0.29) is 17.3 Å². The monoisotopic (exact) mass is 329 g/mol. The van der Waals surface area contributed by atoms with E-state index in [0.29, 0.717) is 36.5 Å². The van der Waals surface area contributed by atoms with Gasteiger partial charge < -0.3 is 9.64 Å². The second-order valence-corrected chi connectivity index (χ2v) is 8.98. The van der Waals surface area contributed by atoms with Gasteiger partial charge in [0.25, 0.3) is 0 Å². The number of hydrogen-bond donors (Lipinski definition) is 0. The van der Waals surface area contributed by atoms with E-state index in [9.17, 15) is 9.59 Å². The summed E-state index contributed by atoms with van der Waals surface area (Å²) in [7, 11) is 0. The summed E-state index contributed by atoms with van der Waals surface area (Å²) in [6.07, 6.45) is 1.51. The first-order valence-electron chi connectivity index (χ1n) is 8.14. The van der Waals surface area contributed by atoms with Crippen LogP contribution in [-0.4, -0.2) is 41.1 Å². The molecule has 22 heavy (non-hydrogen) atoms. The largest absolute Gasteiger partial charge is 0.464 e. The molecular formula is C17H31NO3S. The van der Waals surface area contributed by atoms with E-state index in [1.54, 1.807) is 16.7 Å². The number of nitrogens with zero attached hydrogens (tertiary/aromatic N) is 1. The Labute approximate surface area is 139 Å². The van der Waals surface area contributed by atoms with Gasteiger partial charge in [-0.05, 0) is 23.7 Å². The fourth-order valence-corrected chi connectivity index (χ4v) is 3.93. The number of rotatable bonds is 6. The molecule has 0 aromatic rings. The molecule has 4 nitrogen and oxygen atoms in total. The normalized spacial score (nSPS) is 20.3. The minimum absolute atomic E-state index is 0.0771. The number of ether oxygens (including phenoxy) is 1. The van der Waals surface area contributed by atoms with Crippen LogP contribution >= 0.6 is 11.8 Å². The zero-order valence-electron chi connectivity index (χ0n) is 14.8. The highest BCUT2D eigenvalue weighted by Gasteiger charge is 2.36. The number of carbonyl (C=O) groups is 2. The molecule has 1 amide bonds. The minimum Gasteiger partial charge on any atom is -0.464 e. The molecule has 1 fully saturated rings. The highest BCUT2D eigenvalue weighted by molar-refractivity contribution is 7.99. The highest BCUT2D eigenvalue weighted by Crippen LogP contribution is 2.28. The molecule has 1 rings (SSSR count). The Kier molecular flexibility index (Phi) is 7.23. The lowest BCUT2D eigenvalue weighted by atomic mass is 9.84. The smallest absolute Gasteiger partial charge is 0.329 e. The molecule has 2 unspecified atom stereocenters. The van der Waals surface area contributed by atoms with Gasteiger partial charge in [-0.15, -0.1) is 11.8 Å². The fraction of sp³-hybridized carbons (Fsp3) is 0.882. The van der Waals surface area contributed by atoms with E-state index in [2.05, 4.69) is 27.7 Å². The van der Waals surface area contributed by atoms with Crippen molar-refractivity contribution in [2.45, 2.75) is 60.4 Å². The molecule has 128 valence electrons. The van der Waals surface area contributed by atoms with Crippen LogP contribution in [0.15, 0.2) is 0 Å². The number of esters is 1. The van der Waals surface area contributed by atoms with Crippen LogP contribution < -0.4 is 0 Å². The molecule has 0 saturated carbocycles. The molecule has 1 saturated heterocycles. The van der Waals surface area contributed by atoms with Crippen LogP contribution in [0.1, 0.15) is 54.4 Å². The molecular weight excluding hydrogens is 298 g/mol. The molecule has 1 aliphatic rings. The molecule has 0 bridgehead atoms. The van der Waals surface area contributed by atoms with Crippen molar-refractivity contribution in [1.29, 1.82) is 0 Å². The van der Waals surface area contributed by atoms with Crippen LogP contribution in [0.2, 0.25) is 0 Å². The van der Waals surface area contributed by atoms with Crippen molar-refractivity contribution < 1.29 is 14.3 Å². The standard InChI is InChI=1S/C17H31NO3S/c1-12(2)9-21-16(20)14-10-22-11-18(14)15(19)7-13(3)8-17(4,5)6/h12-14H,7-11H2,1-6H3. The SMILES string of the molecule is CC(C)COC(=O)C1CSCN1C(=O)CC(C)CC(C)(C)C. The van der Waals surface area contributed by atoms with Gasteiger partial charge in [0, 0.05) is 12.2 Å². The summed E-state index contributed by atoms with van der Waals surface area (Å²) < 4.78 is 5.31. The maximum Gasteiger partial charge on any atom is 0.329 e. The third-order valence-corrected chi connectivity index (χ3v) is 4.53. The summed E-state index contributed by atoms with van der Waals surface area (Å²) in [6, 6.07) is -0.405. The van der Waals surface area contributed by atoms with Crippen LogP contribution in [-0.2, 0) is 14.3 Å². The van der Waals surface area contributed by atoms with E-state index in [1.807, 2.05) is 13.8 Å². The summed E-state index contributed by atoms with van der Waals surface area (Å²) in [5, 5.41) is 0. The van der Waals surface area contributed by atoms with Crippen molar-refractivity contribution in [3.63, 3.8) is 0 Å². The van der Waals surface area contributed by atoms with E-state index < -0.39 is 6.04 Å². The lowest BCUT2D eigenvalue weighted by Gasteiger charge is -2.27. The van der Waals surface area contributed by atoms with Gasteiger partial charge in [-0.1, -0.05) is 41.5 Å². The average molecular weight is 330 g/mol. The summed E-state index contributed by atoms with van der Waals surface area (Å²) in [4.78, 5) is 26.4. The van der Waals surface area contributed by atoms with Gasteiger partial charge in [-0.3, -0.25) is 4.79 Å². The van der Waals surface area contributed by atoms with Gasteiger partial charge in [-0.2, -0.15) is 0 Å². The van der Waals surface area contributed by atoms with Crippen LogP contribution in [0.4, 0.5) is 0 Å². The Balaban J connectivity index is 2.54. The first kappa shape index (κ1) is 19.3. The van der Waals surface area contributed by atoms with Gasteiger partial charge in [0.15, 0.2) is 0 Å². The molecule has 0 N–H and O–H groups in total. The first-order valence-corrected chi connectivity index (χ1v) is 9.29. The predicted molar refractivity (Wildman–Crippen MR) is 91.6 cm³/mol. The van der Waals surface area contributed by atoms with Crippen LogP contribution in [0.25, 0.3) is 0 Å². The summed E-state index contributed by atoms with van der Waals surface area (Å²) in [5.74, 6) is 1.71. The van der Waals surface area contributed by atoms with Crippen molar-refractivity contribution in [3.8, 4) is 0 Å². The van der Waals surface area contributed by atoms with Crippen molar-refractivity contribution in [1.82, 2.24) is 4.90 Å². The maximum atomic E-state index is 12.5. The molecule has 0 spiro atoms. The van der Waals surface area contributed by atoms with Crippen molar-refractivity contribution in [2.24, 2.45) is 17.3 Å². The molecule has 5 heteroatoms. The molecule has 0 aliphatic carbocycles. The minimum atomic E-state index is -0.405. The maximum absolute atomic E-state index is 12.5. The molecule has 1 aliphatic heterocycles. The van der Waals surface area contributed by atoms with E-state index in [0.717, 1.165) is 6.42 Å². The van der Waals surface area contributed by atoms with Gasteiger partial charge in [-0.25, -0.2) is 4.79 Å². The fourth-order valence-electron chi connectivity index (χ4n) is 2.76. The molecule has 0 radical (unpaired) electrons. The van der Waals surface area contributed by atoms with Crippen molar-refractivity contribution in [2.75, 3.05) is 18.2 Å². The molecule has 2 atom stereocenters. The van der Waals surface area contributed by atoms with Gasteiger partial charge in [0.05, 0.1) is 12.5 Å². The van der Waals surface area contributed by atoms with Crippen molar-refractivity contribution >= 4 is 23.6 Å². The topological polar surface area (TPSA) is 46.6 Å². The Morgan fingerprint density at radius 1 is 1.27 bits per heavy atom. The summed E-state index contributed by atoms with van der Waals surface area (Å²) in [5.41, 5.74) is 0.217. The third-order valence-electron chi connectivity index (χ3n) is 3.52. The van der Waals surface area contributed by atoms with E-state index >= 15 is 0 Å². The summed E-state index contributed by atoms with van der Waals surface area (Å²) in [6.45, 7) is 13.1. The zero-order chi connectivity index (χ0) is 16.9.